The Morgan fingerprint density at radius 2 is 2.19 bits per heavy atom. The van der Waals surface area contributed by atoms with Crippen molar-refractivity contribution in [3.05, 3.63) is 4.88 Å². The van der Waals surface area contributed by atoms with E-state index in [1.54, 1.807) is 4.90 Å². The number of hydrogen-bond acceptors (Lipinski definition) is 6. The van der Waals surface area contributed by atoms with Gasteiger partial charge in [0.25, 0.3) is 5.91 Å². The van der Waals surface area contributed by atoms with Crippen LogP contribution >= 0.6 is 11.3 Å². The molecule has 1 heterocycles. The summed E-state index contributed by atoms with van der Waals surface area (Å²) >= 11 is 1.28. The van der Waals surface area contributed by atoms with Crippen molar-refractivity contribution in [2.24, 2.45) is 0 Å². The van der Waals surface area contributed by atoms with E-state index in [9.17, 15) is 9.90 Å². The third kappa shape index (κ3) is 3.85. The maximum Gasteiger partial charge on any atom is 0.268 e. The number of hydrogen-bond donors (Lipinski definition) is 3. The van der Waals surface area contributed by atoms with E-state index in [1.807, 2.05) is 20.8 Å². The van der Waals surface area contributed by atoms with Crippen LogP contribution in [0.25, 0.3) is 0 Å². The third-order valence-electron chi connectivity index (χ3n) is 3.45. The topological polar surface area (TPSA) is 91.5 Å². The number of aromatic nitrogens is 1. The lowest BCUT2D eigenvalue weighted by atomic mass is 9.91. The standard InChI is InChI=1S/C14H24N4O2S/c1-14(2,3)17-13-16-11(15)10(21-13)12(20)18(7-8-19)9-5-4-6-9/h9,19H,4-8,15H2,1-3H3,(H,16,17). The Balaban J connectivity index is 2.17. The molecule has 0 spiro atoms. The number of carbonyl (C=O) groups excluding carboxylic acids is 1. The second-order valence-electron chi connectivity index (χ2n) is 6.42. The molecular weight excluding hydrogens is 288 g/mol. The van der Waals surface area contributed by atoms with Crippen LogP contribution < -0.4 is 11.1 Å². The van der Waals surface area contributed by atoms with Crippen LogP contribution in [0.4, 0.5) is 10.9 Å². The summed E-state index contributed by atoms with van der Waals surface area (Å²) in [6.45, 7) is 6.40. The fourth-order valence-electron chi connectivity index (χ4n) is 2.25. The Morgan fingerprint density at radius 3 is 2.67 bits per heavy atom. The Kier molecular flexibility index (Phi) is 4.73. The van der Waals surface area contributed by atoms with Gasteiger partial charge in [0.05, 0.1) is 6.61 Å². The summed E-state index contributed by atoms with van der Waals surface area (Å²) in [5.41, 5.74) is 5.77. The van der Waals surface area contributed by atoms with Gasteiger partial charge in [0.1, 0.15) is 10.7 Å². The van der Waals surface area contributed by atoms with Crippen molar-refractivity contribution in [3.8, 4) is 0 Å². The molecule has 118 valence electrons. The van der Waals surface area contributed by atoms with E-state index in [2.05, 4.69) is 10.3 Å². The number of amides is 1. The highest BCUT2D eigenvalue weighted by Crippen LogP contribution is 2.31. The van der Waals surface area contributed by atoms with Crippen LogP contribution in [0.15, 0.2) is 0 Å². The van der Waals surface area contributed by atoms with Crippen molar-refractivity contribution < 1.29 is 9.90 Å². The van der Waals surface area contributed by atoms with E-state index in [0.29, 0.717) is 16.6 Å². The SMILES string of the molecule is CC(C)(C)Nc1nc(N)c(C(=O)N(CCO)C2CCC2)s1. The highest BCUT2D eigenvalue weighted by atomic mass is 32.1. The predicted octanol–water partition coefficient (Wildman–Crippen LogP) is 1.92. The molecule has 0 unspecified atom stereocenters. The van der Waals surface area contributed by atoms with Crippen molar-refractivity contribution >= 4 is 28.2 Å². The number of aliphatic hydroxyl groups excluding tert-OH is 1. The van der Waals surface area contributed by atoms with E-state index < -0.39 is 0 Å². The number of nitrogens with zero attached hydrogens (tertiary/aromatic N) is 2. The minimum atomic E-state index is -0.136. The van der Waals surface area contributed by atoms with E-state index in [4.69, 9.17) is 5.73 Å². The number of carbonyl (C=O) groups is 1. The number of aliphatic hydroxyl groups is 1. The molecule has 0 saturated heterocycles. The summed E-state index contributed by atoms with van der Waals surface area (Å²) in [4.78, 5) is 19.1. The van der Waals surface area contributed by atoms with Crippen molar-refractivity contribution in [2.45, 2.75) is 51.6 Å². The highest BCUT2D eigenvalue weighted by Gasteiger charge is 2.31. The number of rotatable bonds is 5. The van der Waals surface area contributed by atoms with Gasteiger partial charge in [-0.2, -0.15) is 0 Å². The molecule has 1 aromatic rings. The molecule has 0 aliphatic heterocycles. The first-order valence-electron chi connectivity index (χ1n) is 7.28. The van der Waals surface area contributed by atoms with Crippen LogP contribution in [0.3, 0.4) is 0 Å². The van der Waals surface area contributed by atoms with Gasteiger partial charge in [-0.15, -0.1) is 0 Å². The lowest BCUT2D eigenvalue weighted by Gasteiger charge is -2.37. The van der Waals surface area contributed by atoms with Crippen molar-refractivity contribution in [3.63, 3.8) is 0 Å². The van der Waals surface area contributed by atoms with Crippen molar-refractivity contribution in [1.82, 2.24) is 9.88 Å². The number of nitrogens with two attached hydrogens (primary N) is 1. The molecule has 1 saturated carbocycles. The predicted molar refractivity (Wildman–Crippen MR) is 85.7 cm³/mol. The van der Waals surface area contributed by atoms with Crippen LogP contribution in [0.1, 0.15) is 49.7 Å². The Morgan fingerprint density at radius 1 is 1.52 bits per heavy atom. The molecule has 1 aliphatic carbocycles. The zero-order valence-electron chi connectivity index (χ0n) is 12.8. The third-order valence-corrected chi connectivity index (χ3v) is 4.42. The molecule has 0 atom stereocenters. The van der Waals surface area contributed by atoms with Crippen molar-refractivity contribution in [1.29, 1.82) is 0 Å². The van der Waals surface area contributed by atoms with Crippen LogP contribution in [0.5, 0.6) is 0 Å². The fraction of sp³-hybridized carbons (Fsp3) is 0.714. The molecule has 4 N–H and O–H groups in total. The van der Waals surface area contributed by atoms with E-state index in [-0.39, 0.29) is 29.9 Å². The summed E-state index contributed by atoms with van der Waals surface area (Å²) < 4.78 is 0. The Labute approximate surface area is 129 Å². The second-order valence-corrected chi connectivity index (χ2v) is 7.41. The van der Waals surface area contributed by atoms with Gasteiger partial charge >= 0.3 is 0 Å². The molecule has 0 radical (unpaired) electrons. The molecule has 1 amide bonds. The molecule has 1 aliphatic rings. The quantitative estimate of drug-likeness (QED) is 0.772. The number of nitrogen functional groups attached to an aromatic ring is 1. The maximum atomic E-state index is 12.6. The van der Waals surface area contributed by atoms with Gasteiger partial charge in [0.2, 0.25) is 0 Å². The fourth-order valence-corrected chi connectivity index (χ4v) is 3.30. The Bertz CT molecular complexity index is 506. The van der Waals surface area contributed by atoms with Gasteiger partial charge in [0, 0.05) is 18.1 Å². The maximum absolute atomic E-state index is 12.6. The first kappa shape index (κ1) is 16.0. The minimum absolute atomic E-state index is 0.0337. The normalized spacial score (nSPS) is 15.6. The van der Waals surface area contributed by atoms with Crippen LogP contribution in [0.2, 0.25) is 0 Å². The van der Waals surface area contributed by atoms with Gasteiger partial charge in [-0.25, -0.2) is 4.98 Å². The molecule has 6 nitrogen and oxygen atoms in total. The zero-order valence-corrected chi connectivity index (χ0v) is 13.7. The average molecular weight is 312 g/mol. The minimum Gasteiger partial charge on any atom is -0.395 e. The lowest BCUT2D eigenvalue weighted by molar-refractivity contribution is 0.0531. The highest BCUT2D eigenvalue weighted by molar-refractivity contribution is 7.18. The number of thiazole rings is 1. The summed E-state index contributed by atoms with van der Waals surface area (Å²) in [7, 11) is 0. The second kappa shape index (κ2) is 6.19. The molecule has 7 heteroatoms. The summed E-state index contributed by atoms with van der Waals surface area (Å²) in [6.07, 6.45) is 3.13. The average Bonchev–Trinajstić information content (AvgIpc) is 2.63. The first-order chi connectivity index (χ1) is 9.81. The monoisotopic (exact) mass is 312 g/mol. The van der Waals surface area contributed by atoms with E-state index in [1.165, 1.54) is 11.3 Å². The molecule has 21 heavy (non-hydrogen) atoms. The van der Waals surface area contributed by atoms with Crippen molar-refractivity contribution in [2.75, 3.05) is 24.2 Å². The van der Waals surface area contributed by atoms with Gasteiger partial charge < -0.3 is 21.1 Å². The first-order valence-corrected chi connectivity index (χ1v) is 8.10. The molecule has 2 rings (SSSR count). The van der Waals surface area contributed by atoms with Gasteiger partial charge in [0.15, 0.2) is 5.13 Å². The lowest BCUT2D eigenvalue weighted by Crippen LogP contribution is -2.45. The number of anilines is 2. The molecule has 1 fully saturated rings. The molecule has 1 aromatic heterocycles. The van der Waals surface area contributed by atoms with Crippen LogP contribution in [0, 0.1) is 0 Å². The Hall–Kier alpha value is -1.34. The van der Waals surface area contributed by atoms with Gasteiger partial charge in [-0.3, -0.25) is 4.79 Å². The summed E-state index contributed by atoms with van der Waals surface area (Å²) in [5.74, 6) is 0.143. The molecule has 0 aromatic carbocycles. The summed E-state index contributed by atoms with van der Waals surface area (Å²) in [6, 6.07) is 0.227. The molecule has 0 bridgehead atoms. The van der Waals surface area contributed by atoms with E-state index in [0.717, 1.165) is 19.3 Å². The summed E-state index contributed by atoms with van der Waals surface area (Å²) in [5, 5.41) is 13.1. The number of nitrogens with one attached hydrogen (secondary N) is 1. The zero-order chi connectivity index (χ0) is 15.6. The van der Waals surface area contributed by atoms with Gasteiger partial charge in [-0.05, 0) is 40.0 Å². The van der Waals surface area contributed by atoms with Gasteiger partial charge in [-0.1, -0.05) is 11.3 Å². The largest absolute Gasteiger partial charge is 0.395 e. The van der Waals surface area contributed by atoms with Crippen LogP contribution in [-0.2, 0) is 0 Å². The van der Waals surface area contributed by atoms with Crippen LogP contribution in [-0.4, -0.2) is 45.6 Å². The smallest absolute Gasteiger partial charge is 0.268 e. The van der Waals surface area contributed by atoms with E-state index >= 15 is 0 Å². The molecular formula is C14H24N4O2S.